The molecule has 8 aromatic carbocycles. The van der Waals surface area contributed by atoms with E-state index in [4.69, 9.17) is 19.1 Å². The van der Waals surface area contributed by atoms with E-state index >= 15 is 0 Å². The molecule has 0 N–H and O–H groups in total. The van der Waals surface area contributed by atoms with Crippen molar-refractivity contribution in [1.29, 1.82) is 0 Å². The third-order valence-corrected chi connectivity index (χ3v) is 11.6. The van der Waals surface area contributed by atoms with Crippen molar-refractivity contribution < 1.29 is 9.15 Å². The molecule has 2 aliphatic rings. The first kappa shape index (κ1) is 30.2. The van der Waals surface area contributed by atoms with E-state index in [1.807, 2.05) is 36.4 Å². The molecular formula is C51H30N2O2. The van der Waals surface area contributed by atoms with Crippen LogP contribution in [0, 0.1) is 0 Å². The number of para-hydroxylation sites is 3. The van der Waals surface area contributed by atoms with E-state index in [0.717, 1.165) is 61.5 Å². The molecule has 4 nitrogen and oxygen atoms in total. The Hall–Kier alpha value is -7.30. The topological polar surface area (TPSA) is 48.2 Å². The smallest absolute Gasteiger partial charge is 0.180 e. The molecule has 1 spiro atoms. The highest BCUT2D eigenvalue weighted by atomic mass is 16.5. The molecule has 0 unspecified atom stereocenters. The Morgan fingerprint density at radius 1 is 0.418 bits per heavy atom. The van der Waals surface area contributed by atoms with Gasteiger partial charge in [0.2, 0.25) is 0 Å². The highest BCUT2D eigenvalue weighted by molar-refractivity contribution is 6.09. The maximum Gasteiger partial charge on any atom is 0.180 e. The fraction of sp³-hybridized carbons (Fsp3) is 0.0196. The predicted octanol–water partition coefficient (Wildman–Crippen LogP) is 13.0. The van der Waals surface area contributed by atoms with Crippen LogP contribution in [0.3, 0.4) is 0 Å². The van der Waals surface area contributed by atoms with Crippen LogP contribution in [0.25, 0.3) is 77.7 Å². The van der Waals surface area contributed by atoms with E-state index in [2.05, 4.69) is 146 Å². The van der Waals surface area contributed by atoms with Gasteiger partial charge in [-0.25, -0.2) is 9.97 Å². The van der Waals surface area contributed by atoms with Gasteiger partial charge in [0.25, 0.3) is 0 Å². The van der Waals surface area contributed by atoms with Crippen LogP contribution in [0.5, 0.6) is 11.5 Å². The monoisotopic (exact) mass is 702 g/mol. The van der Waals surface area contributed by atoms with Crippen molar-refractivity contribution in [3.8, 4) is 56.4 Å². The van der Waals surface area contributed by atoms with Crippen LogP contribution < -0.4 is 4.74 Å². The Balaban J connectivity index is 1.10. The van der Waals surface area contributed by atoms with Crippen molar-refractivity contribution in [2.24, 2.45) is 0 Å². The number of fused-ring (bicyclic) bond motifs is 14. The minimum atomic E-state index is -0.558. The quantitative estimate of drug-likeness (QED) is 0.184. The highest BCUT2D eigenvalue weighted by Crippen LogP contribution is 2.64. The molecule has 0 atom stereocenters. The van der Waals surface area contributed by atoms with Gasteiger partial charge in [0.15, 0.2) is 11.4 Å². The Morgan fingerprint density at radius 3 is 1.85 bits per heavy atom. The summed E-state index contributed by atoms with van der Waals surface area (Å²) in [5.74, 6) is 2.45. The number of furan rings is 1. The molecule has 1 aliphatic heterocycles. The van der Waals surface area contributed by atoms with Crippen LogP contribution in [0.15, 0.2) is 186 Å². The lowest BCUT2D eigenvalue weighted by atomic mass is 9.66. The largest absolute Gasteiger partial charge is 0.457 e. The summed E-state index contributed by atoms with van der Waals surface area (Å²) in [4.78, 5) is 10.2. The van der Waals surface area contributed by atoms with E-state index < -0.39 is 5.41 Å². The zero-order valence-electron chi connectivity index (χ0n) is 29.5. The maximum absolute atomic E-state index is 6.62. The second-order valence-corrected chi connectivity index (χ2v) is 14.4. The standard InChI is InChI=1S/C51H30N2O2/c1-2-14-34(15-3-1)50-52-47(49-48(53-50)37-17-6-9-22-42(37)55-49)33-27-25-32(26-28-33)36-18-12-21-40-45(36)46-35-16-5-4-13-31(35)29-30-41(46)51(40)38-19-7-10-23-43(38)54-44-24-11-8-20-39(44)51/h1-30H. The summed E-state index contributed by atoms with van der Waals surface area (Å²) in [6, 6.07) is 64.3. The van der Waals surface area contributed by atoms with Crippen molar-refractivity contribution >= 4 is 32.8 Å². The van der Waals surface area contributed by atoms with Gasteiger partial charge in [0.05, 0.1) is 5.41 Å². The molecule has 10 aromatic rings. The van der Waals surface area contributed by atoms with Crippen LogP contribution in [-0.2, 0) is 5.41 Å². The van der Waals surface area contributed by atoms with Crippen molar-refractivity contribution in [3.05, 3.63) is 204 Å². The zero-order chi connectivity index (χ0) is 36.1. The highest BCUT2D eigenvalue weighted by Gasteiger charge is 2.52. The van der Waals surface area contributed by atoms with E-state index in [0.29, 0.717) is 11.4 Å². The van der Waals surface area contributed by atoms with Crippen molar-refractivity contribution in [1.82, 2.24) is 9.97 Å². The minimum Gasteiger partial charge on any atom is -0.457 e. The number of aromatic nitrogens is 2. The molecule has 55 heavy (non-hydrogen) atoms. The molecule has 0 saturated carbocycles. The van der Waals surface area contributed by atoms with Crippen LogP contribution >= 0.6 is 0 Å². The summed E-state index contributed by atoms with van der Waals surface area (Å²) in [7, 11) is 0. The fourth-order valence-corrected chi connectivity index (χ4v) is 9.26. The molecule has 12 rings (SSSR count). The van der Waals surface area contributed by atoms with Gasteiger partial charge in [0.1, 0.15) is 28.3 Å². The second kappa shape index (κ2) is 11.3. The predicted molar refractivity (Wildman–Crippen MR) is 221 cm³/mol. The first-order chi connectivity index (χ1) is 27.3. The van der Waals surface area contributed by atoms with Crippen LogP contribution in [-0.4, -0.2) is 9.97 Å². The molecule has 4 heteroatoms. The van der Waals surface area contributed by atoms with E-state index in [9.17, 15) is 0 Å². The Labute approximate surface area is 317 Å². The third kappa shape index (κ3) is 4.16. The normalized spacial score (nSPS) is 13.4. The molecule has 0 amide bonds. The zero-order valence-corrected chi connectivity index (χ0v) is 29.5. The minimum absolute atomic E-state index is 0.558. The molecule has 2 aromatic heterocycles. The Morgan fingerprint density at radius 2 is 1.05 bits per heavy atom. The first-order valence-corrected chi connectivity index (χ1v) is 18.7. The van der Waals surface area contributed by atoms with Gasteiger partial charge >= 0.3 is 0 Å². The molecular weight excluding hydrogens is 673 g/mol. The van der Waals surface area contributed by atoms with Gasteiger partial charge in [-0.2, -0.15) is 0 Å². The Kier molecular flexibility index (Phi) is 6.23. The molecule has 1 aliphatic carbocycles. The number of rotatable bonds is 3. The maximum atomic E-state index is 6.62. The van der Waals surface area contributed by atoms with E-state index in [1.54, 1.807) is 0 Å². The summed E-state index contributed by atoms with van der Waals surface area (Å²) >= 11 is 0. The molecule has 3 heterocycles. The summed E-state index contributed by atoms with van der Waals surface area (Å²) in [5.41, 5.74) is 14.1. The average molecular weight is 703 g/mol. The summed E-state index contributed by atoms with van der Waals surface area (Å²) in [6.07, 6.45) is 0. The number of nitrogens with zero attached hydrogens (tertiary/aromatic N) is 2. The van der Waals surface area contributed by atoms with Crippen LogP contribution in [0.4, 0.5) is 0 Å². The van der Waals surface area contributed by atoms with Gasteiger partial charge in [0, 0.05) is 27.6 Å². The summed E-state index contributed by atoms with van der Waals surface area (Å²) < 4.78 is 13.1. The first-order valence-electron chi connectivity index (χ1n) is 18.7. The van der Waals surface area contributed by atoms with E-state index in [-0.39, 0.29) is 0 Å². The van der Waals surface area contributed by atoms with Crippen molar-refractivity contribution in [2.75, 3.05) is 0 Å². The number of ether oxygens (including phenoxy) is 1. The van der Waals surface area contributed by atoms with Gasteiger partial charge in [-0.3, -0.25) is 0 Å². The molecule has 256 valence electrons. The van der Waals surface area contributed by atoms with Gasteiger partial charge in [-0.15, -0.1) is 0 Å². The van der Waals surface area contributed by atoms with Crippen LogP contribution in [0.2, 0.25) is 0 Å². The van der Waals surface area contributed by atoms with Crippen molar-refractivity contribution in [2.45, 2.75) is 5.41 Å². The lowest BCUT2D eigenvalue weighted by Crippen LogP contribution is -2.32. The van der Waals surface area contributed by atoms with E-state index in [1.165, 1.54) is 38.6 Å². The van der Waals surface area contributed by atoms with Gasteiger partial charge in [-0.05, 0) is 68.4 Å². The number of hydrogen-bond acceptors (Lipinski definition) is 4. The lowest BCUT2D eigenvalue weighted by molar-refractivity contribution is 0.436. The van der Waals surface area contributed by atoms with Crippen LogP contribution in [0.1, 0.15) is 22.3 Å². The van der Waals surface area contributed by atoms with Gasteiger partial charge < -0.3 is 9.15 Å². The number of hydrogen-bond donors (Lipinski definition) is 0. The lowest BCUT2D eigenvalue weighted by Gasteiger charge is -2.39. The molecule has 0 radical (unpaired) electrons. The summed E-state index contributed by atoms with van der Waals surface area (Å²) in [6.45, 7) is 0. The fourth-order valence-electron chi connectivity index (χ4n) is 9.26. The average Bonchev–Trinajstić information content (AvgIpc) is 3.78. The summed E-state index contributed by atoms with van der Waals surface area (Å²) in [5, 5.41) is 3.44. The third-order valence-electron chi connectivity index (χ3n) is 11.6. The molecule has 0 fully saturated rings. The van der Waals surface area contributed by atoms with Crippen molar-refractivity contribution in [3.63, 3.8) is 0 Å². The SMILES string of the molecule is c1ccc(-c2nc(-c3ccc(-c4cccc5c4-c4c(ccc6ccccc46)C54c5ccccc5Oc5ccccc54)cc3)c3oc4ccccc4c3n2)cc1. The van der Waals surface area contributed by atoms with Gasteiger partial charge in [-0.1, -0.05) is 158 Å². The molecule has 0 saturated heterocycles. The number of benzene rings is 8. The Bertz CT molecular complexity index is 3130. The second-order valence-electron chi connectivity index (χ2n) is 14.4. The molecule has 0 bridgehead atoms.